The van der Waals surface area contributed by atoms with Gasteiger partial charge in [-0.3, -0.25) is 9.59 Å². The Morgan fingerprint density at radius 1 is 0.964 bits per heavy atom. The molecule has 28 heavy (non-hydrogen) atoms. The number of carbonyl (C=O) groups is 2. The van der Waals surface area contributed by atoms with Crippen LogP contribution in [0, 0.1) is 19.7 Å². The number of amides is 2. The molecule has 0 radical (unpaired) electrons. The largest absolute Gasteiger partial charge is 0.350 e. The number of hydrogen-bond donors (Lipinski definition) is 1. The van der Waals surface area contributed by atoms with Crippen LogP contribution in [0.3, 0.4) is 0 Å². The van der Waals surface area contributed by atoms with E-state index in [0.717, 1.165) is 21.7 Å². The van der Waals surface area contributed by atoms with Gasteiger partial charge in [0.15, 0.2) is 0 Å². The molecule has 3 aromatic rings. The van der Waals surface area contributed by atoms with Gasteiger partial charge in [-0.15, -0.1) is 11.3 Å². The number of halogens is 1. The predicted molar refractivity (Wildman–Crippen MR) is 110 cm³/mol. The molecule has 2 heterocycles. The summed E-state index contributed by atoms with van der Waals surface area (Å²) in [7, 11) is 0. The molecule has 2 aromatic carbocycles. The first-order valence-corrected chi connectivity index (χ1v) is 9.61. The Morgan fingerprint density at radius 3 is 2.43 bits per heavy atom. The van der Waals surface area contributed by atoms with E-state index in [0.29, 0.717) is 4.88 Å². The van der Waals surface area contributed by atoms with Crippen LogP contribution < -0.4 is 10.2 Å². The number of benzene rings is 2. The summed E-state index contributed by atoms with van der Waals surface area (Å²) in [5.74, 6) is -1.73. The molecule has 2 amide bonds. The Morgan fingerprint density at radius 2 is 1.75 bits per heavy atom. The van der Waals surface area contributed by atoms with Crippen LogP contribution in [0.1, 0.15) is 16.0 Å². The quantitative estimate of drug-likeness (QED) is 0.643. The average molecular weight is 392 g/mol. The zero-order chi connectivity index (χ0) is 19.8. The number of carbonyl (C=O) groups excluding carboxylic acids is 2. The number of anilines is 2. The molecule has 0 unspecified atom stereocenters. The van der Waals surface area contributed by atoms with Gasteiger partial charge in [0.25, 0.3) is 11.8 Å². The maximum atomic E-state index is 14.3. The number of imide groups is 1. The highest BCUT2D eigenvalue weighted by atomic mass is 32.1. The van der Waals surface area contributed by atoms with Gasteiger partial charge >= 0.3 is 0 Å². The number of nitrogens with one attached hydrogen (secondary N) is 1. The molecule has 4 rings (SSSR count). The lowest BCUT2D eigenvalue weighted by Crippen LogP contribution is -2.33. The minimum Gasteiger partial charge on any atom is -0.350 e. The summed E-state index contributed by atoms with van der Waals surface area (Å²) in [5.41, 5.74) is 3.13. The molecule has 0 saturated carbocycles. The predicted octanol–water partition coefficient (Wildman–Crippen LogP) is 4.90. The summed E-state index contributed by atoms with van der Waals surface area (Å²) in [6, 6.07) is 15.2. The third kappa shape index (κ3) is 3.01. The number of rotatable bonds is 4. The molecular weight excluding hydrogens is 375 g/mol. The second kappa shape index (κ2) is 7.05. The number of nitrogens with zero attached hydrogens (tertiary/aromatic N) is 1. The molecule has 1 aliphatic rings. The van der Waals surface area contributed by atoms with E-state index in [4.69, 9.17) is 0 Å². The SMILES string of the molecule is Cc1ccc(NC2=C(c3cccs3)C(=O)N(c3ccccc3F)C2=O)c(C)c1. The van der Waals surface area contributed by atoms with Gasteiger partial charge in [0, 0.05) is 10.6 Å². The Bertz CT molecular complexity index is 1120. The van der Waals surface area contributed by atoms with Crippen LogP contribution in [-0.2, 0) is 9.59 Å². The number of thiophene rings is 1. The summed E-state index contributed by atoms with van der Waals surface area (Å²) in [5, 5.41) is 4.96. The second-order valence-electron chi connectivity index (χ2n) is 6.57. The zero-order valence-corrected chi connectivity index (χ0v) is 16.1. The van der Waals surface area contributed by atoms with E-state index in [-0.39, 0.29) is 17.0 Å². The van der Waals surface area contributed by atoms with Crippen molar-refractivity contribution in [2.45, 2.75) is 13.8 Å². The first-order chi connectivity index (χ1) is 13.5. The van der Waals surface area contributed by atoms with E-state index in [1.54, 1.807) is 12.1 Å². The minimum atomic E-state index is -0.623. The van der Waals surface area contributed by atoms with Crippen molar-refractivity contribution < 1.29 is 14.0 Å². The monoisotopic (exact) mass is 392 g/mol. The van der Waals surface area contributed by atoms with E-state index in [1.165, 1.54) is 29.5 Å². The summed E-state index contributed by atoms with van der Waals surface area (Å²) in [6.07, 6.45) is 0. The Labute approximate surface area is 165 Å². The average Bonchev–Trinajstić information content (AvgIpc) is 3.26. The topological polar surface area (TPSA) is 49.4 Å². The molecule has 1 N–H and O–H groups in total. The minimum absolute atomic E-state index is 0.0519. The molecule has 0 aliphatic carbocycles. The standard InChI is InChI=1S/C22H17FN2O2S/c1-13-9-10-16(14(2)12-13)24-20-19(18-8-5-11-28-18)21(26)25(22(20)27)17-7-4-3-6-15(17)23/h3-12,24H,1-2H3. The van der Waals surface area contributed by atoms with E-state index in [1.807, 2.05) is 43.5 Å². The van der Waals surface area contributed by atoms with E-state index >= 15 is 0 Å². The Balaban J connectivity index is 1.83. The van der Waals surface area contributed by atoms with Gasteiger partial charge in [-0.1, -0.05) is 35.9 Å². The lowest BCUT2D eigenvalue weighted by atomic mass is 10.1. The maximum Gasteiger partial charge on any atom is 0.282 e. The molecule has 4 nitrogen and oxygen atoms in total. The van der Waals surface area contributed by atoms with Crippen LogP contribution in [0.5, 0.6) is 0 Å². The zero-order valence-electron chi connectivity index (χ0n) is 15.3. The van der Waals surface area contributed by atoms with Crippen molar-refractivity contribution in [1.29, 1.82) is 0 Å². The molecular formula is C22H17FN2O2S. The van der Waals surface area contributed by atoms with Gasteiger partial charge in [0.1, 0.15) is 11.5 Å². The van der Waals surface area contributed by atoms with E-state index in [2.05, 4.69) is 5.32 Å². The Hall–Kier alpha value is -3.25. The van der Waals surface area contributed by atoms with Crippen LogP contribution in [0.4, 0.5) is 15.8 Å². The van der Waals surface area contributed by atoms with Crippen LogP contribution in [0.2, 0.25) is 0 Å². The third-order valence-electron chi connectivity index (χ3n) is 4.59. The molecule has 1 aromatic heterocycles. The van der Waals surface area contributed by atoms with Crippen LogP contribution >= 0.6 is 11.3 Å². The highest BCUT2D eigenvalue weighted by molar-refractivity contribution is 7.11. The van der Waals surface area contributed by atoms with Crippen molar-refractivity contribution in [1.82, 2.24) is 0 Å². The van der Waals surface area contributed by atoms with Gasteiger partial charge < -0.3 is 5.32 Å². The molecule has 0 spiro atoms. The van der Waals surface area contributed by atoms with Crippen molar-refractivity contribution in [3.05, 3.63) is 87.5 Å². The second-order valence-corrected chi connectivity index (χ2v) is 7.52. The summed E-state index contributed by atoms with van der Waals surface area (Å²) in [6.45, 7) is 3.91. The Kier molecular flexibility index (Phi) is 4.57. The van der Waals surface area contributed by atoms with Gasteiger partial charge in [-0.2, -0.15) is 0 Å². The maximum absolute atomic E-state index is 14.3. The third-order valence-corrected chi connectivity index (χ3v) is 5.47. The molecule has 1 aliphatic heterocycles. The number of para-hydroxylation sites is 1. The highest BCUT2D eigenvalue weighted by Gasteiger charge is 2.41. The van der Waals surface area contributed by atoms with Crippen molar-refractivity contribution in [2.24, 2.45) is 0 Å². The highest BCUT2D eigenvalue weighted by Crippen LogP contribution is 2.36. The van der Waals surface area contributed by atoms with E-state index in [9.17, 15) is 14.0 Å². The van der Waals surface area contributed by atoms with Crippen LogP contribution in [0.15, 0.2) is 65.7 Å². The van der Waals surface area contributed by atoms with Gasteiger partial charge in [0.2, 0.25) is 0 Å². The lowest BCUT2D eigenvalue weighted by Gasteiger charge is -2.16. The fourth-order valence-corrected chi connectivity index (χ4v) is 4.00. The fraction of sp³-hybridized carbons (Fsp3) is 0.0909. The molecule has 0 saturated heterocycles. The summed E-state index contributed by atoms with van der Waals surface area (Å²) >= 11 is 1.36. The van der Waals surface area contributed by atoms with Gasteiger partial charge in [-0.25, -0.2) is 9.29 Å². The van der Waals surface area contributed by atoms with E-state index < -0.39 is 17.6 Å². The fourth-order valence-electron chi connectivity index (χ4n) is 3.24. The summed E-state index contributed by atoms with van der Waals surface area (Å²) in [4.78, 5) is 27.9. The van der Waals surface area contributed by atoms with Crippen molar-refractivity contribution in [2.75, 3.05) is 10.2 Å². The first-order valence-electron chi connectivity index (χ1n) is 8.73. The first kappa shape index (κ1) is 18.1. The molecule has 6 heteroatoms. The van der Waals surface area contributed by atoms with Crippen molar-refractivity contribution in [3.8, 4) is 0 Å². The van der Waals surface area contributed by atoms with Crippen LogP contribution in [-0.4, -0.2) is 11.8 Å². The van der Waals surface area contributed by atoms with Crippen molar-refractivity contribution in [3.63, 3.8) is 0 Å². The van der Waals surface area contributed by atoms with Crippen LogP contribution in [0.25, 0.3) is 5.57 Å². The number of hydrogen-bond acceptors (Lipinski definition) is 4. The van der Waals surface area contributed by atoms with Gasteiger partial charge in [0.05, 0.1) is 11.3 Å². The smallest absolute Gasteiger partial charge is 0.282 e. The molecule has 140 valence electrons. The van der Waals surface area contributed by atoms with Gasteiger partial charge in [-0.05, 0) is 49.1 Å². The molecule has 0 atom stereocenters. The normalized spacial score (nSPS) is 14.2. The lowest BCUT2D eigenvalue weighted by molar-refractivity contribution is -0.120. The number of aryl methyl sites for hydroxylation is 2. The molecule has 0 fully saturated rings. The van der Waals surface area contributed by atoms with Crippen molar-refractivity contribution >= 4 is 40.1 Å². The molecule has 0 bridgehead atoms. The summed E-state index contributed by atoms with van der Waals surface area (Å²) < 4.78 is 14.3.